The maximum absolute atomic E-state index is 13.9. The van der Waals surface area contributed by atoms with Gasteiger partial charge in [0.15, 0.2) is 0 Å². The van der Waals surface area contributed by atoms with Crippen molar-refractivity contribution < 1.29 is 22.9 Å². The summed E-state index contributed by atoms with van der Waals surface area (Å²) in [5.41, 5.74) is 0.674. The third kappa shape index (κ3) is 2.82. The number of carbonyl (C=O) groups excluding carboxylic acids is 2. The summed E-state index contributed by atoms with van der Waals surface area (Å²) in [5, 5.41) is 0. The highest BCUT2D eigenvalue weighted by Crippen LogP contribution is 2.23. The largest absolute Gasteiger partial charge is 0.497 e. The summed E-state index contributed by atoms with van der Waals surface area (Å²) >= 11 is 0. The van der Waals surface area contributed by atoms with E-state index in [1.54, 1.807) is 24.3 Å². The minimum absolute atomic E-state index is 0.0207. The fourth-order valence-corrected chi connectivity index (χ4v) is 3.58. The molecule has 0 saturated carbocycles. The highest BCUT2D eigenvalue weighted by atomic mass is 32.2. The van der Waals surface area contributed by atoms with E-state index >= 15 is 0 Å². The third-order valence-corrected chi connectivity index (χ3v) is 5.14. The summed E-state index contributed by atoms with van der Waals surface area (Å²) < 4.78 is 31.1. The molecule has 2 aromatic carbocycles. The van der Waals surface area contributed by atoms with Crippen LogP contribution in [0.5, 0.6) is 5.75 Å². The van der Waals surface area contributed by atoms with Gasteiger partial charge in [0.25, 0.3) is 11.8 Å². The lowest BCUT2D eigenvalue weighted by Gasteiger charge is -2.13. The minimum atomic E-state index is -1.67. The van der Waals surface area contributed by atoms with E-state index in [0.717, 1.165) is 11.0 Å². The van der Waals surface area contributed by atoms with Crippen LogP contribution in [0.2, 0.25) is 0 Å². The van der Waals surface area contributed by atoms with Crippen LogP contribution >= 0.6 is 0 Å². The van der Waals surface area contributed by atoms with Crippen LogP contribution in [-0.4, -0.2) is 40.3 Å². The molecule has 0 N–H and O–H groups in total. The summed E-state index contributed by atoms with van der Waals surface area (Å²) in [7, 11) is -0.263. The molecule has 0 spiro atoms. The van der Waals surface area contributed by atoms with Crippen molar-refractivity contribution in [2.75, 3.05) is 19.4 Å². The molecule has 24 heavy (non-hydrogen) atoms. The number of hydrogen-bond acceptors (Lipinski definition) is 4. The van der Waals surface area contributed by atoms with Gasteiger partial charge in [0.05, 0.1) is 33.9 Å². The molecule has 0 fully saturated rings. The van der Waals surface area contributed by atoms with E-state index < -0.39 is 28.4 Å². The fraction of sp³-hybridized carbons (Fsp3) is 0.176. The predicted octanol–water partition coefficient (Wildman–Crippen LogP) is 2.24. The summed E-state index contributed by atoms with van der Waals surface area (Å²) in [6.45, 7) is -0.0373. The van der Waals surface area contributed by atoms with Gasteiger partial charge in [0.2, 0.25) is 0 Å². The van der Waals surface area contributed by atoms with E-state index in [4.69, 9.17) is 4.74 Å². The first kappa shape index (κ1) is 16.3. The molecule has 1 atom stereocenters. The molecule has 3 rings (SSSR count). The monoisotopic (exact) mass is 347 g/mol. The predicted molar refractivity (Wildman–Crippen MR) is 86.0 cm³/mol. The molecule has 0 bridgehead atoms. The second-order valence-electron chi connectivity index (χ2n) is 5.15. The molecule has 1 aliphatic rings. The molecular formula is C17H14FNO4S. The van der Waals surface area contributed by atoms with E-state index in [1.165, 1.54) is 19.2 Å². The van der Waals surface area contributed by atoms with E-state index in [0.29, 0.717) is 16.9 Å². The average molecular weight is 347 g/mol. The molecule has 0 aliphatic carbocycles. The second-order valence-corrected chi connectivity index (χ2v) is 6.69. The topological polar surface area (TPSA) is 63.7 Å². The Kier molecular flexibility index (Phi) is 4.44. The Morgan fingerprint density at radius 3 is 2.25 bits per heavy atom. The Labute approximate surface area is 140 Å². The number of methoxy groups -OCH3 is 1. The van der Waals surface area contributed by atoms with Gasteiger partial charge in [0.1, 0.15) is 11.6 Å². The molecule has 124 valence electrons. The van der Waals surface area contributed by atoms with Crippen LogP contribution in [-0.2, 0) is 10.8 Å². The van der Waals surface area contributed by atoms with Crippen LogP contribution in [0.25, 0.3) is 0 Å². The summed E-state index contributed by atoms with van der Waals surface area (Å²) in [4.78, 5) is 25.5. The number of hydrogen-bond donors (Lipinski definition) is 0. The lowest BCUT2D eigenvalue weighted by molar-refractivity contribution is 0.0664. The summed E-state index contributed by atoms with van der Waals surface area (Å²) in [5.74, 6) is -1.18. The zero-order valence-corrected chi connectivity index (χ0v) is 13.6. The molecule has 1 unspecified atom stereocenters. The molecular weight excluding hydrogens is 333 g/mol. The van der Waals surface area contributed by atoms with E-state index in [-0.39, 0.29) is 17.2 Å². The first-order valence-corrected chi connectivity index (χ1v) is 8.52. The quantitative estimate of drug-likeness (QED) is 0.778. The van der Waals surface area contributed by atoms with Gasteiger partial charge < -0.3 is 4.74 Å². The number of amides is 2. The van der Waals surface area contributed by atoms with E-state index in [1.807, 2.05) is 0 Å². The molecule has 0 saturated heterocycles. The van der Waals surface area contributed by atoms with Gasteiger partial charge in [0, 0.05) is 18.4 Å². The van der Waals surface area contributed by atoms with Gasteiger partial charge >= 0.3 is 0 Å². The standard InChI is InChI=1S/C17H14FNO4S/c1-23-11-6-7-15(14(18)10-11)24(22)9-8-19-16(20)12-4-2-3-5-13(12)17(19)21/h2-7,10H,8-9H2,1H3. The fourth-order valence-electron chi connectivity index (χ4n) is 2.52. The zero-order valence-electron chi connectivity index (χ0n) is 12.8. The molecule has 0 aromatic heterocycles. The lowest BCUT2D eigenvalue weighted by atomic mass is 10.1. The highest BCUT2D eigenvalue weighted by molar-refractivity contribution is 7.85. The molecule has 2 amide bonds. The van der Waals surface area contributed by atoms with Crippen LogP contribution < -0.4 is 4.74 Å². The summed E-state index contributed by atoms with van der Waals surface area (Å²) in [6, 6.07) is 10.6. The van der Waals surface area contributed by atoms with Crippen molar-refractivity contribution in [2.24, 2.45) is 0 Å². The second kappa shape index (κ2) is 6.52. The van der Waals surface area contributed by atoms with Crippen molar-refractivity contribution >= 4 is 22.6 Å². The normalized spacial score (nSPS) is 14.7. The molecule has 2 aromatic rings. The van der Waals surface area contributed by atoms with Crippen LogP contribution in [0.4, 0.5) is 4.39 Å². The summed E-state index contributed by atoms with van der Waals surface area (Å²) in [6.07, 6.45) is 0. The molecule has 0 radical (unpaired) electrons. The van der Waals surface area contributed by atoms with Crippen LogP contribution in [0.1, 0.15) is 20.7 Å². The SMILES string of the molecule is COc1ccc(S(=O)CCN2C(=O)c3ccccc3C2=O)c(F)c1. The first-order valence-electron chi connectivity index (χ1n) is 7.20. The van der Waals surface area contributed by atoms with Crippen LogP contribution in [0, 0.1) is 5.82 Å². The average Bonchev–Trinajstić information content (AvgIpc) is 2.84. The Hall–Kier alpha value is -2.54. The number of nitrogens with zero attached hydrogens (tertiary/aromatic N) is 1. The van der Waals surface area contributed by atoms with Crippen LogP contribution in [0.15, 0.2) is 47.4 Å². The van der Waals surface area contributed by atoms with Gasteiger partial charge in [-0.05, 0) is 24.3 Å². The number of imide groups is 1. The molecule has 7 heteroatoms. The number of benzene rings is 2. The van der Waals surface area contributed by atoms with Crippen molar-refractivity contribution in [1.82, 2.24) is 4.90 Å². The van der Waals surface area contributed by atoms with Crippen molar-refractivity contribution in [3.63, 3.8) is 0 Å². The molecule has 1 heterocycles. The van der Waals surface area contributed by atoms with Crippen molar-refractivity contribution in [3.05, 3.63) is 59.4 Å². The Morgan fingerprint density at radius 1 is 1.08 bits per heavy atom. The smallest absolute Gasteiger partial charge is 0.261 e. The lowest BCUT2D eigenvalue weighted by Crippen LogP contribution is -2.33. The third-order valence-electron chi connectivity index (χ3n) is 3.76. The van der Waals surface area contributed by atoms with Crippen molar-refractivity contribution in [3.8, 4) is 5.75 Å². The van der Waals surface area contributed by atoms with Crippen molar-refractivity contribution in [2.45, 2.75) is 4.90 Å². The Morgan fingerprint density at radius 2 is 1.71 bits per heavy atom. The van der Waals surface area contributed by atoms with Crippen molar-refractivity contribution in [1.29, 1.82) is 0 Å². The first-order chi connectivity index (χ1) is 11.5. The van der Waals surface area contributed by atoms with Crippen LogP contribution in [0.3, 0.4) is 0 Å². The van der Waals surface area contributed by atoms with Gasteiger partial charge in [-0.2, -0.15) is 0 Å². The number of halogens is 1. The van der Waals surface area contributed by atoms with E-state index in [9.17, 15) is 18.2 Å². The number of fused-ring (bicyclic) bond motifs is 1. The van der Waals surface area contributed by atoms with Gasteiger partial charge in [-0.3, -0.25) is 18.7 Å². The Bertz CT molecular complexity index is 817. The van der Waals surface area contributed by atoms with Gasteiger partial charge in [-0.15, -0.1) is 0 Å². The zero-order chi connectivity index (χ0) is 17.3. The maximum Gasteiger partial charge on any atom is 0.261 e. The van der Waals surface area contributed by atoms with Gasteiger partial charge in [-0.1, -0.05) is 12.1 Å². The van der Waals surface area contributed by atoms with E-state index in [2.05, 4.69) is 0 Å². The molecule has 5 nitrogen and oxygen atoms in total. The Balaban J connectivity index is 1.72. The number of ether oxygens (including phenoxy) is 1. The highest BCUT2D eigenvalue weighted by Gasteiger charge is 2.35. The molecule has 1 aliphatic heterocycles. The number of carbonyl (C=O) groups is 2. The van der Waals surface area contributed by atoms with Gasteiger partial charge in [-0.25, -0.2) is 4.39 Å². The number of rotatable bonds is 5. The minimum Gasteiger partial charge on any atom is -0.497 e. The maximum atomic E-state index is 13.9.